The fourth-order valence-corrected chi connectivity index (χ4v) is 4.57. The Bertz CT molecular complexity index is 998. The molecule has 0 fully saturated rings. The molecular weight excluding hydrogens is 364 g/mol. The number of aryl methyl sites for hydroxylation is 2. The number of ether oxygens (including phenoxy) is 1. The number of fused-ring (bicyclic) bond motifs is 7. The number of carbonyl (C=O) groups is 2. The lowest BCUT2D eigenvalue weighted by atomic mass is 9.91. The first-order valence-electron chi connectivity index (χ1n) is 10.2. The van der Waals surface area contributed by atoms with Crippen LogP contribution in [0.5, 0.6) is 0 Å². The van der Waals surface area contributed by atoms with Gasteiger partial charge in [-0.3, -0.25) is 4.79 Å². The van der Waals surface area contributed by atoms with Crippen LogP contribution in [0.25, 0.3) is 0 Å². The number of benzene rings is 2. The quantitative estimate of drug-likeness (QED) is 0.585. The maximum atomic E-state index is 13.5. The van der Waals surface area contributed by atoms with Crippen molar-refractivity contribution in [2.24, 2.45) is 0 Å². The Hall–Kier alpha value is -2.82. The minimum absolute atomic E-state index is 0.189. The molecule has 1 atom stereocenters. The molecule has 2 aliphatic rings. The molecule has 0 unspecified atom stereocenters. The first-order chi connectivity index (χ1) is 13.7. The van der Waals surface area contributed by atoms with Crippen LogP contribution in [-0.4, -0.2) is 29.9 Å². The molecule has 5 heteroatoms. The van der Waals surface area contributed by atoms with Gasteiger partial charge in [-0.15, -0.1) is 0 Å². The number of Topliss-reactive ketones (excluding diaryl/α,β-unsaturated/α-hetero) is 1. The average Bonchev–Trinajstić information content (AvgIpc) is 2.85. The van der Waals surface area contributed by atoms with Gasteiger partial charge in [-0.2, -0.15) is 0 Å². The third-order valence-electron chi connectivity index (χ3n) is 5.93. The van der Waals surface area contributed by atoms with E-state index in [2.05, 4.69) is 43.0 Å². The largest absolute Gasteiger partial charge is 0.461 e. The molecule has 5 nitrogen and oxygen atoms in total. The molecular formula is C24H28N2O3. The molecule has 0 saturated carbocycles. The van der Waals surface area contributed by atoms with E-state index in [1.165, 1.54) is 6.92 Å². The zero-order valence-electron chi connectivity index (χ0n) is 17.8. The molecule has 0 amide bonds. The second-order valence-electron chi connectivity index (χ2n) is 8.58. The van der Waals surface area contributed by atoms with Gasteiger partial charge in [-0.25, -0.2) is 4.79 Å². The summed E-state index contributed by atoms with van der Waals surface area (Å²) in [6, 6.07) is 12.6. The Kier molecular flexibility index (Phi) is 4.64. The summed E-state index contributed by atoms with van der Waals surface area (Å²) >= 11 is 0. The van der Waals surface area contributed by atoms with E-state index in [1.807, 2.05) is 30.9 Å². The Morgan fingerprint density at radius 3 is 2.14 bits per heavy atom. The van der Waals surface area contributed by atoms with Gasteiger partial charge in [-0.05, 0) is 57.9 Å². The van der Waals surface area contributed by atoms with Crippen LogP contribution in [0.4, 0.5) is 11.4 Å². The van der Waals surface area contributed by atoms with Crippen LogP contribution in [0.2, 0.25) is 0 Å². The van der Waals surface area contributed by atoms with Crippen molar-refractivity contribution in [2.45, 2.75) is 59.4 Å². The molecule has 4 rings (SSSR count). The van der Waals surface area contributed by atoms with E-state index in [-0.39, 0.29) is 18.4 Å². The van der Waals surface area contributed by atoms with Gasteiger partial charge < -0.3 is 14.5 Å². The van der Waals surface area contributed by atoms with Crippen LogP contribution in [0, 0.1) is 13.8 Å². The zero-order valence-corrected chi connectivity index (χ0v) is 17.8. The maximum Gasteiger partial charge on any atom is 0.342 e. The highest BCUT2D eigenvalue weighted by atomic mass is 16.5. The maximum absolute atomic E-state index is 13.5. The smallest absolute Gasteiger partial charge is 0.342 e. The summed E-state index contributed by atoms with van der Waals surface area (Å²) < 4.78 is 5.65. The van der Waals surface area contributed by atoms with Crippen molar-refractivity contribution in [2.75, 3.05) is 16.3 Å². The SMILES string of the molecule is CC(=O)[C@@]1(C(=O)OC(C)C)CN2Cc3cc(C)ccc3N1Cc1cc(C)ccc12. The Labute approximate surface area is 172 Å². The van der Waals surface area contributed by atoms with Crippen LogP contribution in [0.15, 0.2) is 36.4 Å². The van der Waals surface area contributed by atoms with Gasteiger partial charge in [0.2, 0.25) is 5.54 Å². The molecule has 0 radical (unpaired) electrons. The summed E-state index contributed by atoms with van der Waals surface area (Å²) in [6.07, 6.45) is -0.292. The molecule has 2 aromatic rings. The second kappa shape index (κ2) is 6.90. The summed E-state index contributed by atoms with van der Waals surface area (Å²) in [5.41, 5.74) is 5.20. The summed E-state index contributed by atoms with van der Waals surface area (Å²) in [7, 11) is 0. The third-order valence-corrected chi connectivity index (χ3v) is 5.93. The van der Waals surface area contributed by atoms with Crippen LogP contribution in [-0.2, 0) is 27.4 Å². The van der Waals surface area contributed by atoms with E-state index in [9.17, 15) is 9.59 Å². The number of hydrogen-bond donors (Lipinski definition) is 0. The van der Waals surface area contributed by atoms with Gasteiger partial charge in [0.1, 0.15) is 0 Å². The topological polar surface area (TPSA) is 49.9 Å². The summed E-state index contributed by atoms with van der Waals surface area (Å²) in [6.45, 7) is 10.7. The van der Waals surface area contributed by atoms with Crippen LogP contribution in [0.1, 0.15) is 43.0 Å². The number of anilines is 2. The molecule has 0 aliphatic carbocycles. The molecule has 29 heavy (non-hydrogen) atoms. The highest BCUT2D eigenvalue weighted by Crippen LogP contribution is 2.43. The molecule has 0 aromatic heterocycles. The molecule has 152 valence electrons. The Morgan fingerprint density at radius 2 is 1.55 bits per heavy atom. The summed E-state index contributed by atoms with van der Waals surface area (Å²) in [4.78, 5) is 30.8. The minimum Gasteiger partial charge on any atom is -0.461 e. The second-order valence-corrected chi connectivity index (χ2v) is 8.58. The zero-order chi connectivity index (χ0) is 20.9. The van der Waals surface area contributed by atoms with Crippen molar-refractivity contribution in [3.8, 4) is 0 Å². The van der Waals surface area contributed by atoms with E-state index < -0.39 is 11.5 Å². The lowest BCUT2D eigenvalue weighted by Crippen LogP contribution is -2.64. The van der Waals surface area contributed by atoms with Gasteiger partial charge in [0.05, 0.1) is 12.6 Å². The van der Waals surface area contributed by atoms with E-state index in [0.717, 1.165) is 33.6 Å². The minimum atomic E-state index is -1.38. The van der Waals surface area contributed by atoms with E-state index in [0.29, 0.717) is 13.1 Å². The number of esters is 1. The molecule has 0 saturated heterocycles. The fourth-order valence-electron chi connectivity index (χ4n) is 4.57. The van der Waals surface area contributed by atoms with Gasteiger partial charge >= 0.3 is 5.97 Å². The number of rotatable bonds is 3. The number of carbonyl (C=O) groups excluding carboxylic acids is 2. The molecule has 2 heterocycles. The van der Waals surface area contributed by atoms with Crippen molar-refractivity contribution in [3.05, 3.63) is 58.7 Å². The van der Waals surface area contributed by atoms with Crippen molar-refractivity contribution in [1.29, 1.82) is 0 Å². The van der Waals surface area contributed by atoms with Gasteiger partial charge in [0.25, 0.3) is 0 Å². The number of ketones is 1. The molecule has 2 aliphatic heterocycles. The molecule has 0 spiro atoms. The van der Waals surface area contributed by atoms with Crippen molar-refractivity contribution >= 4 is 23.1 Å². The fraction of sp³-hybridized carbons (Fsp3) is 0.417. The van der Waals surface area contributed by atoms with Crippen molar-refractivity contribution in [1.82, 2.24) is 0 Å². The van der Waals surface area contributed by atoms with Crippen LogP contribution in [0.3, 0.4) is 0 Å². The van der Waals surface area contributed by atoms with E-state index in [4.69, 9.17) is 4.74 Å². The lowest BCUT2D eigenvalue weighted by Gasteiger charge is -2.40. The van der Waals surface area contributed by atoms with E-state index in [1.54, 1.807) is 0 Å². The van der Waals surface area contributed by atoms with Crippen LogP contribution >= 0.6 is 0 Å². The number of hydrogen-bond acceptors (Lipinski definition) is 5. The lowest BCUT2D eigenvalue weighted by molar-refractivity contribution is -0.156. The molecule has 2 aromatic carbocycles. The third kappa shape index (κ3) is 3.09. The predicted octanol–water partition coefficient (Wildman–Crippen LogP) is 3.92. The average molecular weight is 392 g/mol. The monoisotopic (exact) mass is 392 g/mol. The Morgan fingerprint density at radius 1 is 0.966 bits per heavy atom. The highest BCUT2D eigenvalue weighted by molar-refractivity contribution is 6.12. The van der Waals surface area contributed by atoms with Crippen molar-refractivity contribution in [3.63, 3.8) is 0 Å². The molecule has 2 bridgehead atoms. The number of nitrogens with zero attached hydrogens (tertiary/aromatic N) is 2. The van der Waals surface area contributed by atoms with Gasteiger partial charge in [-0.1, -0.05) is 35.4 Å². The van der Waals surface area contributed by atoms with E-state index >= 15 is 0 Å². The summed E-state index contributed by atoms with van der Waals surface area (Å²) in [5.74, 6) is -0.658. The first-order valence-corrected chi connectivity index (χ1v) is 10.2. The van der Waals surface area contributed by atoms with Crippen molar-refractivity contribution < 1.29 is 14.3 Å². The van der Waals surface area contributed by atoms with Crippen LogP contribution < -0.4 is 9.80 Å². The Balaban J connectivity index is 1.98. The molecule has 0 N–H and O–H groups in total. The normalized spacial score (nSPS) is 20.1. The van der Waals surface area contributed by atoms with Gasteiger partial charge in [0.15, 0.2) is 5.78 Å². The summed E-state index contributed by atoms with van der Waals surface area (Å²) in [5, 5.41) is 0. The van der Waals surface area contributed by atoms with Gasteiger partial charge in [0, 0.05) is 24.5 Å². The highest BCUT2D eigenvalue weighted by Gasteiger charge is 2.55. The predicted molar refractivity (Wildman–Crippen MR) is 114 cm³/mol. The standard InChI is InChI=1S/C24H28N2O3/c1-15(2)29-23(28)24(18(5)27)14-25-12-19-10-17(4)7-9-22(19)26(24)13-20-11-16(3)6-8-21(20)25/h6-11,15H,12-14H2,1-5H3/t24-/m1/s1. The first kappa shape index (κ1) is 19.5.